The molecule has 1 aromatic carbocycles. The third-order valence-electron chi connectivity index (χ3n) is 4.37. The Morgan fingerprint density at radius 3 is 2.80 bits per heavy atom. The zero-order valence-corrected chi connectivity index (χ0v) is 13.8. The van der Waals surface area contributed by atoms with Crippen LogP contribution < -0.4 is 5.73 Å². The molecule has 1 aliphatic rings. The van der Waals surface area contributed by atoms with Crippen LogP contribution in [-0.4, -0.2) is 29.9 Å². The van der Waals surface area contributed by atoms with Gasteiger partial charge in [0.2, 0.25) is 5.91 Å². The summed E-state index contributed by atoms with van der Waals surface area (Å²) in [7, 11) is 0. The third kappa shape index (κ3) is 3.61. The maximum absolute atomic E-state index is 12.3. The molecule has 1 saturated heterocycles. The molecule has 1 aliphatic heterocycles. The highest BCUT2D eigenvalue weighted by molar-refractivity contribution is 9.10. The number of nitrogens with two attached hydrogens (primary N) is 1. The minimum absolute atomic E-state index is 0.0728. The van der Waals surface area contributed by atoms with Crippen molar-refractivity contribution >= 4 is 21.8 Å². The fourth-order valence-corrected chi connectivity index (χ4v) is 2.99. The molecular formula is C16H23BrN2O. The van der Waals surface area contributed by atoms with E-state index in [0.717, 1.165) is 23.9 Å². The second-order valence-corrected chi connectivity index (χ2v) is 7.13. The van der Waals surface area contributed by atoms with Gasteiger partial charge in [-0.3, -0.25) is 4.79 Å². The highest BCUT2D eigenvalue weighted by Gasteiger charge is 2.34. The van der Waals surface area contributed by atoms with E-state index in [2.05, 4.69) is 35.8 Å². The van der Waals surface area contributed by atoms with E-state index in [1.807, 2.05) is 23.1 Å². The van der Waals surface area contributed by atoms with Gasteiger partial charge >= 0.3 is 0 Å². The maximum atomic E-state index is 12.3. The van der Waals surface area contributed by atoms with Gasteiger partial charge in [0.1, 0.15) is 0 Å². The predicted octanol–water partition coefficient (Wildman–Crippen LogP) is 2.97. The van der Waals surface area contributed by atoms with Gasteiger partial charge in [-0.15, -0.1) is 0 Å². The van der Waals surface area contributed by atoms with Gasteiger partial charge in [0.05, 0.1) is 0 Å². The number of rotatable bonds is 3. The largest absolute Gasteiger partial charge is 0.341 e. The number of nitrogens with zero attached hydrogens (tertiary/aromatic N) is 1. The van der Waals surface area contributed by atoms with E-state index < -0.39 is 0 Å². The fourth-order valence-electron chi connectivity index (χ4n) is 2.51. The lowest BCUT2D eigenvalue weighted by Crippen LogP contribution is -2.54. The number of carbonyl (C=O) groups excluding carboxylic acids is 1. The second kappa shape index (κ2) is 6.27. The number of hydrogen-bond acceptors (Lipinski definition) is 2. The zero-order chi connectivity index (χ0) is 14.8. The van der Waals surface area contributed by atoms with Crippen LogP contribution >= 0.6 is 15.9 Å². The van der Waals surface area contributed by atoms with Gasteiger partial charge in [0, 0.05) is 30.0 Å². The first kappa shape index (κ1) is 15.5. The van der Waals surface area contributed by atoms with E-state index in [1.165, 1.54) is 5.56 Å². The molecule has 1 atom stereocenters. The summed E-state index contributed by atoms with van der Waals surface area (Å²) >= 11 is 3.52. The van der Waals surface area contributed by atoms with Crippen LogP contribution in [0.5, 0.6) is 0 Å². The van der Waals surface area contributed by atoms with Crippen LogP contribution in [0.2, 0.25) is 0 Å². The van der Waals surface area contributed by atoms with Gasteiger partial charge in [0.25, 0.3) is 0 Å². The molecule has 1 unspecified atom stereocenters. The first-order chi connectivity index (χ1) is 9.40. The molecule has 1 heterocycles. The highest BCUT2D eigenvalue weighted by Crippen LogP contribution is 2.29. The lowest BCUT2D eigenvalue weighted by atomic mass is 9.78. The highest BCUT2D eigenvalue weighted by atomic mass is 79.9. The van der Waals surface area contributed by atoms with Crippen molar-refractivity contribution in [2.75, 3.05) is 13.1 Å². The molecule has 3 nitrogen and oxygen atoms in total. The SMILES string of the molecule is CC1(C)CCN(C(=O)CCc2ccccc2Br)CC1N. The van der Waals surface area contributed by atoms with Crippen LogP contribution in [0, 0.1) is 5.41 Å². The standard InChI is InChI=1S/C16H23BrN2O/c1-16(2)9-10-19(11-14(16)18)15(20)8-7-12-5-3-4-6-13(12)17/h3-6,14H,7-11,18H2,1-2H3. The summed E-state index contributed by atoms with van der Waals surface area (Å²) in [5, 5.41) is 0. The summed E-state index contributed by atoms with van der Waals surface area (Å²) in [5.74, 6) is 0.215. The quantitative estimate of drug-likeness (QED) is 0.920. The number of halogens is 1. The molecule has 110 valence electrons. The molecule has 20 heavy (non-hydrogen) atoms. The van der Waals surface area contributed by atoms with E-state index in [9.17, 15) is 4.79 Å². The van der Waals surface area contributed by atoms with E-state index in [-0.39, 0.29) is 17.4 Å². The molecule has 2 rings (SSSR count). The molecule has 4 heteroatoms. The second-order valence-electron chi connectivity index (χ2n) is 6.28. The normalized spacial score (nSPS) is 21.8. The summed E-state index contributed by atoms with van der Waals surface area (Å²) in [6.07, 6.45) is 2.31. The average molecular weight is 339 g/mol. The van der Waals surface area contributed by atoms with Crippen LogP contribution in [0.1, 0.15) is 32.3 Å². The third-order valence-corrected chi connectivity index (χ3v) is 5.14. The molecule has 0 saturated carbocycles. The summed E-state index contributed by atoms with van der Waals surface area (Å²) in [5.41, 5.74) is 7.49. The smallest absolute Gasteiger partial charge is 0.222 e. The monoisotopic (exact) mass is 338 g/mol. The Bertz CT molecular complexity index is 487. The van der Waals surface area contributed by atoms with Crippen molar-refractivity contribution in [2.45, 2.75) is 39.2 Å². The number of hydrogen-bond donors (Lipinski definition) is 1. The van der Waals surface area contributed by atoms with Crippen molar-refractivity contribution < 1.29 is 4.79 Å². The summed E-state index contributed by atoms with van der Waals surface area (Å²) in [6.45, 7) is 5.87. The van der Waals surface area contributed by atoms with Crippen LogP contribution in [0.25, 0.3) is 0 Å². The zero-order valence-electron chi connectivity index (χ0n) is 12.2. The molecule has 0 aliphatic carbocycles. The van der Waals surface area contributed by atoms with Gasteiger partial charge in [-0.05, 0) is 29.9 Å². The van der Waals surface area contributed by atoms with E-state index in [4.69, 9.17) is 5.73 Å². The van der Waals surface area contributed by atoms with Gasteiger partial charge in [-0.1, -0.05) is 48.0 Å². The molecule has 0 spiro atoms. The summed E-state index contributed by atoms with van der Waals surface area (Å²) < 4.78 is 1.07. The minimum Gasteiger partial charge on any atom is -0.341 e. The molecule has 0 bridgehead atoms. The van der Waals surface area contributed by atoms with Crippen molar-refractivity contribution in [3.8, 4) is 0 Å². The molecule has 1 amide bonds. The van der Waals surface area contributed by atoms with Crippen LogP contribution in [0.4, 0.5) is 0 Å². The number of likely N-dealkylation sites (tertiary alicyclic amines) is 1. The Hall–Kier alpha value is -0.870. The summed E-state index contributed by atoms with van der Waals surface area (Å²) in [4.78, 5) is 14.2. The van der Waals surface area contributed by atoms with Crippen LogP contribution in [0.15, 0.2) is 28.7 Å². The van der Waals surface area contributed by atoms with Crippen molar-refractivity contribution in [3.63, 3.8) is 0 Å². The van der Waals surface area contributed by atoms with Gasteiger partial charge in [-0.2, -0.15) is 0 Å². The molecule has 2 N–H and O–H groups in total. The Balaban J connectivity index is 1.89. The Labute approximate surface area is 129 Å². The van der Waals surface area contributed by atoms with Gasteiger partial charge in [-0.25, -0.2) is 0 Å². The fraction of sp³-hybridized carbons (Fsp3) is 0.562. The van der Waals surface area contributed by atoms with Crippen molar-refractivity contribution in [1.82, 2.24) is 4.90 Å². The Morgan fingerprint density at radius 2 is 2.15 bits per heavy atom. The molecular weight excluding hydrogens is 316 g/mol. The average Bonchev–Trinajstić information content (AvgIpc) is 2.40. The Morgan fingerprint density at radius 1 is 1.45 bits per heavy atom. The van der Waals surface area contributed by atoms with Crippen molar-refractivity contribution in [2.24, 2.45) is 11.1 Å². The van der Waals surface area contributed by atoms with E-state index in [1.54, 1.807) is 0 Å². The maximum Gasteiger partial charge on any atom is 0.222 e. The topological polar surface area (TPSA) is 46.3 Å². The summed E-state index contributed by atoms with van der Waals surface area (Å²) in [6, 6.07) is 8.13. The molecule has 1 fully saturated rings. The van der Waals surface area contributed by atoms with E-state index in [0.29, 0.717) is 13.0 Å². The number of benzene rings is 1. The van der Waals surface area contributed by atoms with Gasteiger partial charge in [0.15, 0.2) is 0 Å². The number of carbonyl (C=O) groups is 1. The predicted molar refractivity (Wildman–Crippen MR) is 85.4 cm³/mol. The first-order valence-electron chi connectivity index (χ1n) is 7.17. The van der Waals surface area contributed by atoms with Crippen LogP contribution in [0.3, 0.4) is 0 Å². The van der Waals surface area contributed by atoms with E-state index >= 15 is 0 Å². The lowest BCUT2D eigenvalue weighted by Gasteiger charge is -2.42. The minimum atomic E-state index is 0.0728. The molecule has 0 radical (unpaired) electrons. The van der Waals surface area contributed by atoms with Crippen LogP contribution in [-0.2, 0) is 11.2 Å². The molecule has 1 aromatic rings. The first-order valence-corrected chi connectivity index (χ1v) is 7.96. The molecule has 0 aromatic heterocycles. The van der Waals surface area contributed by atoms with Crippen molar-refractivity contribution in [1.29, 1.82) is 0 Å². The lowest BCUT2D eigenvalue weighted by molar-refractivity contribution is -0.133. The van der Waals surface area contributed by atoms with Crippen molar-refractivity contribution in [3.05, 3.63) is 34.3 Å². The van der Waals surface area contributed by atoms with Gasteiger partial charge < -0.3 is 10.6 Å². The number of piperidine rings is 1. The number of aryl methyl sites for hydroxylation is 1. The Kier molecular flexibility index (Phi) is 4.86. The number of amides is 1.